The second kappa shape index (κ2) is 7.87. The van der Waals surface area contributed by atoms with Gasteiger partial charge in [-0.25, -0.2) is 13.5 Å². The van der Waals surface area contributed by atoms with Crippen LogP contribution in [0, 0.1) is 5.92 Å². The summed E-state index contributed by atoms with van der Waals surface area (Å²) in [4.78, 5) is 16.2. The van der Waals surface area contributed by atoms with Crippen molar-refractivity contribution in [2.24, 2.45) is 5.92 Å². The smallest absolute Gasteiger partial charge is 0.220 e. The van der Waals surface area contributed by atoms with E-state index in [0.717, 1.165) is 25.9 Å². The fourth-order valence-corrected chi connectivity index (χ4v) is 3.71. The Morgan fingerprint density at radius 3 is 2.76 bits per heavy atom. The fraction of sp³-hybridized carbons (Fsp3) is 0.571. The first kappa shape index (κ1) is 16.4. The zero-order valence-electron chi connectivity index (χ0n) is 12.0. The van der Waals surface area contributed by atoms with Crippen molar-refractivity contribution in [1.82, 2.24) is 14.6 Å². The average molecular weight is 330 g/mol. The third-order valence-corrected chi connectivity index (χ3v) is 5.26. The number of rotatable bonds is 5. The minimum absolute atomic E-state index is 0.110. The van der Waals surface area contributed by atoms with Crippen LogP contribution in [0.5, 0.6) is 0 Å². The van der Waals surface area contributed by atoms with Crippen LogP contribution in [0.1, 0.15) is 26.2 Å². The van der Waals surface area contributed by atoms with Crippen molar-refractivity contribution in [3.63, 3.8) is 0 Å². The average Bonchev–Trinajstić information content (AvgIpc) is 2.48. The monoisotopic (exact) mass is 329 g/mol. The lowest BCUT2D eigenvalue weighted by atomic mass is 9.94. The summed E-state index contributed by atoms with van der Waals surface area (Å²) in [6.45, 7) is 4.06. The van der Waals surface area contributed by atoms with Crippen LogP contribution < -0.4 is 5.32 Å². The van der Waals surface area contributed by atoms with Gasteiger partial charge in [0.1, 0.15) is 16.1 Å². The van der Waals surface area contributed by atoms with Gasteiger partial charge in [0.25, 0.3) is 0 Å². The summed E-state index contributed by atoms with van der Waals surface area (Å²) in [7, 11) is -1.20. The SMILES string of the molecule is CCNC(=O)CC1CCN(S(=O)c2ccc(Cl)nc2)CC1. The second-order valence-corrected chi connectivity index (χ2v) is 6.97. The molecule has 116 valence electrons. The summed E-state index contributed by atoms with van der Waals surface area (Å²) >= 11 is 5.73. The summed E-state index contributed by atoms with van der Waals surface area (Å²) in [6, 6.07) is 3.39. The summed E-state index contributed by atoms with van der Waals surface area (Å²) in [5, 5.41) is 3.22. The third-order valence-electron chi connectivity index (χ3n) is 3.56. The van der Waals surface area contributed by atoms with Gasteiger partial charge in [-0.2, -0.15) is 0 Å². The van der Waals surface area contributed by atoms with Crippen LogP contribution in [0.4, 0.5) is 0 Å². The minimum atomic E-state index is -1.20. The van der Waals surface area contributed by atoms with E-state index >= 15 is 0 Å². The molecule has 0 radical (unpaired) electrons. The zero-order valence-corrected chi connectivity index (χ0v) is 13.6. The summed E-state index contributed by atoms with van der Waals surface area (Å²) < 4.78 is 14.3. The quantitative estimate of drug-likeness (QED) is 0.840. The highest BCUT2D eigenvalue weighted by Gasteiger charge is 2.25. The Morgan fingerprint density at radius 1 is 1.48 bits per heavy atom. The number of aromatic nitrogens is 1. The van der Waals surface area contributed by atoms with Crippen LogP contribution in [-0.4, -0.2) is 39.0 Å². The van der Waals surface area contributed by atoms with E-state index < -0.39 is 11.0 Å². The van der Waals surface area contributed by atoms with Gasteiger partial charge in [-0.1, -0.05) is 11.6 Å². The van der Waals surface area contributed by atoms with Gasteiger partial charge in [-0.15, -0.1) is 0 Å². The molecule has 1 aliphatic heterocycles. The molecule has 1 aliphatic rings. The number of carbonyl (C=O) groups excluding carboxylic acids is 1. The number of hydrogen-bond donors (Lipinski definition) is 1. The van der Waals surface area contributed by atoms with Gasteiger partial charge in [-0.05, 0) is 37.8 Å². The van der Waals surface area contributed by atoms with E-state index in [-0.39, 0.29) is 5.91 Å². The molecule has 7 heteroatoms. The van der Waals surface area contributed by atoms with Gasteiger partial charge >= 0.3 is 0 Å². The molecule has 5 nitrogen and oxygen atoms in total. The molecule has 0 aliphatic carbocycles. The largest absolute Gasteiger partial charge is 0.356 e. The third kappa shape index (κ3) is 4.76. The maximum Gasteiger partial charge on any atom is 0.220 e. The molecule has 1 amide bonds. The molecule has 0 aromatic carbocycles. The summed E-state index contributed by atoms with van der Waals surface area (Å²) in [6.07, 6.45) is 3.91. The normalized spacial score (nSPS) is 18.4. The molecule has 1 aromatic heterocycles. The maximum atomic E-state index is 12.4. The van der Waals surface area contributed by atoms with Crippen molar-refractivity contribution in [2.45, 2.75) is 31.1 Å². The summed E-state index contributed by atoms with van der Waals surface area (Å²) in [5.74, 6) is 0.493. The number of amides is 1. The first-order chi connectivity index (χ1) is 10.1. The molecule has 1 N–H and O–H groups in total. The molecule has 21 heavy (non-hydrogen) atoms. The first-order valence-electron chi connectivity index (χ1n) is 7.15. The fourth-order valence-electron chi connectivity index (χ4n) is 2.43. The lowest BCUT2D eigenvalue weighted by Crippen LogP contribution is -2.37. The van der Waals surface area contributed by atoms with Crippen molar-refractivity contribution in [3.05, 3.63) is 23.5 Å². The molecule has 1 fully saturated rings. The Kier molecular flexibility index (Phi) is 6.14. The van der Waals surface area contributed by atoms with E-state index in [1.54, 1.807) is 18.3 Å². The van der Waals surface area contributed by atoms with Crippen LogP contribution in [0.15, 0.2) is 23.2 Å². The number of carbonyl (C=O) groups is 1. The van der Waals surface area contributed by atoms with Gasteiger partial charge in [0.2, 0.25) is 5.91 Å². The first-order valence-corrected chi connectivity index (χ1v) is 8.63. The van der Waals surface area contributed by atoms with Crippen molar-refractivity contribution in [1.29, 1.82) is 0 Å². The van der Waals surface area contributed by atoms with Gasteiger partial charge in [0.15, 0.2) is 0 Å². The van der Waals surface area contributed by atoms with Gasteiger partial charge in [0, 0.05) is 32.3 Å². The number of pyridine rings is 1. The Morgan fingerprint density at radius 2 is 2.19 bits per heavy atom. The Balaban J connectivity index is 1.84. The van der Waals surface area contributed by atoms with Crippen molar-refractivity contribution in [3.8, 4) is 0 Å². The van der Waals surface area contributed by atoms with Crippen molar-refractivity contribution >= 4 is 28.5 Å². The number of halogens is 1. The number of nitrogens with one attached hydrogen (secondary N) is 1. The molecule has 0 saturated carbocycles. The number of hydrogen-bond acceptors (Lipinski definition) is 3. The van der Waals surface area contributed by atoms with Crippen LogP contribution in [0.3, 0.4) is 0 Å². The van der Waals surface area contributed by atoms with Gasteiger partial charge in [0.05, 0.1) is 4.90 Å². The van der Waals surface area contributed by atoms with E-state index in [1.807, 2.05) is 11.2 Å². The molecule has 0 spiro atoms. The van der Waals surface area contributed by atoms with Crippen LogP contribution >= 0.6 is 11.6 Å². The molecular formula is C14H20ClN3O2S. The second-order valence-electron chi connectivity index (χ2n) is 5.10. The topological polar surface area (TPSA) is 62.3 Å². The molecular weight excluding hydrogens is 310 g/mol. The van der Waals surface area contributed by atoms with E-state index in [0.29, 0.717) is 28.9 Å². The predicted molar refractivity (Wildman–Crippen MR) is 83.3 cm³/mol. The lowest BCUT2D eigenvalue weighted by molar-refractivity contribution is -0.122. The van der Waals surface area contributed by atoms with E-state index in [1.165, 1.54) is 0 Å². The maximum absolute atomic E-state index is 12.4. The zero-order chi connectivity index (χ0) is 15.2. The van der Waals surface area contributed by atoms with Crippen LogP contribution in [-0.2, 0) is 15.8 Å². The predicted octanol–water partition coefficient (Wildman–Crippen LogP) is 2.00. The van der Waals surface area contributed by atoms with E-state index in [4.69, 9.17) is 11.6 Å². The van der Waals surface area contributed by atoms with Gasteiger partial charge in [-0.3, -0.25) is 4.79 Å². The Labute approximate surface area is 132 Å². The van der Waals surface area contributed by atoms with Crippen LogP contribution in [0.2, 0.25) is 5.15 Å². The standard InChI is InChI=1S/C14H20ClN3O2S/c1-2-16-14(19)9-11-5-7-18(8-6-11)21(20)12-3-4-13(15)17-10-12/h3-4,10-11H,2,5-9H2,1H3,(H,16,19). The van der Waals surface area contributed by atoms with E-state index in [9.17, 15) is 9.00 Å². The van der Waals surface area contributed by atoms with Crippen LogP contribution in [0.25, 0.3) is 0 Å². The number of piperidine rings is 1. The van der Waals surface area contributed by atoms with Crippen molar-refractivity contribution in [2.75, 3.05) is 19.6 Å². The molecule has 0 bridgehead atoms. The molecule has 1 aromatic rings. The molecule has 1 unspecified atom stereocenters. The minimum Gasteiger partial charge on any atom is -0.356 e. The van der Waals surface area contributed by atoms with E-state index in [2.05, 4.69) is 10.3 Å². The van der Waals surface area contributed by atoms with Crippen molar-refractivity contribution < 1.29 is 9.00 Å². The molecule has 2 rings (SSSR count). The summed E-state index contributed by atoms with van der Waals surface area (Å²) in [5.41, 5.74) is 0. The molecule has 2 heterocycles. The molecule has 1 atom stereocenters. The molecule has 1 saturated heterocycles. The highest BCUT2D eigenvalue weighted by molar-refractivity contribution is 7.82. The highest BCUT2D eigenvalue weighted by atomic mass is 35.5. The van der Waals surface area contributed by atoms with Gasteiger partial charge < -0.3 is 5.32 Å². The Hall–Kier alpha value is -0.980. The number of nitrogens with zero attached hydrogens (tertiary/aromatic N) is 2. The highest BCUT2D eigenvalue weighted by Crippen LogP contribution is 2.23. The lowest BCUT2D eigenvalue weighted by Gasteiger charge is -2.30. The Bertz CT molecular complexity index is 501.